The van der Waals surface area contributed by atoms with Crippen molar-refractivity contribution in [3.05, 3.63) is 29.6 Å². The summed E-state index contributed by atoms with van der Waals surface area (Å²) in [5.74, 6) is -0.0369. The van der Waals surface area contributed by atoms with Crippen LogP contribution in [-0.2, 0) is 15.9 Å². The van der Waals surface area contributed by atoms with E-state index in [2.05, 4.69) is 0 Å². The zero-order valence-corrected chi connectivity index (χ0v) is 12.2. The highest BCUT2D eigenvalue weighted by molar-refractivity contribution is 5.35. The van der Waals surface area contributed by atoms with Crippen LogP contribution in [0, 0.1) is 5.82 Å². The molecule has 0 radical (unpaired) electrons. The summed E-state index contributed by atoms with van der Waals surface area (Å²) in [6.07, 6.45) is 1.30. The standard InChI is InChI=1S/C15H24FNO3/c1-12(17)11-13-5-3-6-14(16)15(13)20-8-4-7-19-10-9-18-2/h3,5-6,12H,4,7-11,17H2,1-2H3. The van der Waals surface area contributed by atoms with Crippen molar-refractivity contribution in [2.75, 3.05) is 33.5 Å². The molecule has 0 heterocycles. The summed E-state index contributed by atoms with van der Waals surface area (Å²) >= 11 is 0. The van der Waals surface area contributed by atoms with E-state index in [-0.39, 0.29) is 11.9 Å². The van der Waals surface area contributed by atoms with Crippen LogP contribution >= 0.6 is 0 Å². The highest BCUT2D eigenvalue weighted by Crippen LogP contribution is 2.23. The molecule has 5 heteroatoms. The first kappa shape index (κ1) is 16.9. The van der Waals surface area contributed by atoms with Crippen LogP contribution in [-0.4, -0.2) is 39.6 Å². The number of halogens is 1. The minimum absolute atomic E-state index is 0.0310. The van der Waals surface area contributed by atoms with E-state index in [9.17, 15) is 4.39 Å². The monoisotopic (exact) mass is 285 g/mol. The SMILES string of the molecule is COCCOCCCOc1c(F)cccc1CC(C)N. The van der Waals surface area contributed by atoms with Gasteiger partial charge in [-0.05, 0) is 25.0 Å². The zero-order valence-electron chi connectivity index (χ0n) is 12.2. The van der Waals surface area contributed by atoms with Gasteiger partial charge < -0.3 is 19.9 Å². The summed E-state index contributed by atoms with van der Waals surface area (Å²) in [5.41, 5.74) is 6.56. The van der Waals surface area contributed by atoms with Gasteiger partial charge in [0.25, 0.3) is 0 Å². The van der Waals surface area contributed by atoms with Crippen molar-refractivity contribution in [3.63, 3.8) is 0 Å². The molecule has 0 fully saturated rings. The number of ether oxygens (including phenoxy) is 3. The van der Waals surface area contributed by atoms with E-state index in [1.165, 1.54) is 6.07 Å². The Bertz CT molecular complexity index is 385. The molecular weight excluding hydrogens is 261 g/mol. The van der Waals surface area contributed by atoms with Gasteiger partial charge in [-0.2, -0.15) is 0 Å². The Morgan fingerprint density at radius 3 is 2.70 bits per heavy atom. The number of rotatable bonds is 10. The Morgan fingerprint density at radius 1 is 1.20 bits per heavy atom. The maximum Gasteiger partial charge on any atom is 0.165 e. The Morgan fingerprint density at radius 2 is 2.00 bits per heavy atom. The Kier molecular flexibility index (Phi) is 8.18. The molecule has 1 aromatic rings. The number of nitrogens with two attached hydrogens (primary N) is 1. The maximum absolute atomic E-state index is 13.8. The van der Waals surface area contributed by atoms with E-state index in [0.717, 1.165) is 5.56 Å². The van der Waals surface area contributed by atoms with Crippen molar-refractivity contribution < 1.29 is 18.6 Å². The molecule has 0 aromatic heterocycles. The molecule has 0 bridgehead atoms. The quantitative estimate of drug-likeness (QED) is 0.669. The first-order valence-electron chi connectivity index (χ1n) is 6.87. The Balaban J connectivity index is 2.38. The summed E-state index contributed by atoms with van der Waals surface area (Å²) in [5, 5.41) is 0. The number of methoxy groups -OCH3 is 1. The third-order valence-electron chi connectivity index (χ3n) is 2.70. The van der Waals surface area contributed by atoms with Crippen molar-refractivity contribution in [2.24, 2.45) is 5.73 Å². The van der Waals surface area contributed by atoms with E-state index in [0.29, 0.717) is 45.0 Å². The molecule has 0 spiro atoms. The smallest absolute Gasteiger partial charge is 0.165 e. The van der Waals surface area contributed by atoms with Gasteiger partial charge in [0, 0.05) is 26.2 Å². The zero-order chi connectivity index (χ0) is 14.8. The fraction of sp³-hybridized carbons (Fsp3) is 0.600. The van der Waals surface area contributed by atoms with Gasteiger partial charge in [-0.3, -0.25) is 0 Å². The second kappa shape index (κ2) is 9.69. The topological polar surface area (TPSA) is 53.7 Å². The maximum atomic E-state index is 13.8. The van der Waals surface area contributed by atoms with E-state index < -0.39 is 0 Å². The highest BCUT2D eigenvalue weighted by atomic mass is 19.1. The summed E-state index contributed by atoms with van der Waals surface area (Å²) in [6, 6.07) is 4.89. The van der Waals surface area contributed by atoms with E-state index in [4.69, 9.17) is 19.9 Å². The molecule has 1 atom stereocenters. The summed E-state index contributed by atoms with van der Waals surface area (Å²) < 4.78 is 29.5. The second-order valence-corrected chi connectivity index (χ2v) is 4.72. The number of hydrogen-bond donors (Lipinski definition) is 1. The lowest BCUT2D eigenvalue weighted by Gasteiger charge is -2.14. The predicted octanol–water partition coefficient (Wildman–Crippen LogP) is 2.15. The number of benzene rings is 1. The molecule has 4 nitrogen and oxygen atoms in total. The highest BCUT2D eigenvalue weighted by Gasteiger charge is 2.11. The molecule has 0 saturated carbocycles. The summed E-state index contributed by atoms with van der Waals surface area (Å²) in [4.78, 5) is 0. The van der Waals surface area contributed by atoms with E-state index in [1.807, 2.05) is 13.0 Å². The fourth-order valence-corrected chi connectivity index (χ4v) is 1.80. The molecule has 1 unspecified atom stereocenters. The third kappa shape index (κ3) is 6.32. The van der Waals surface area contributed by atoms with E-state index >= 15 is 0 Å². The van der Waals surface area contributed by atoms with Crippen molar-refractivity contribution in [3.8, 4) is 5.75 Å². The van der Waals surface area contributed by atoms with Crippen LogP contribution in [0.4, 0.5) is 4.39 Å². The molecule has 20 heavy (non-hydrogen) atoms. The van der Waals surface area contributed by atoms with Gasteiger partial charge in [-0.15, -0.1) is 0 Å². The van der Waals surface area contributed by atoms with Crippen molar-refractivity contribution >= 4 is 0 Å². The molecule has 2 N–H and O–H groups in total. The fourth-order valence-electron chi connectivity index (χ4n) is 1.80. The number of para-hydroxylation sites is 1. The van der Waals surface area contributed by atoms with Gasteiger partial charge in [0.2, 0.25) is 0 Å². The third-order valence-corrected chi connectivity index (χ3v) is 2.70. The minimum atomic E-state index is -0.344. The van der Waals surface area contributed by atoms with E-state index in [1.54, 1.807) is 13.2 Å². The first-order chi connectivity index (χ1) is 9.65. The average Bonchev–Trinajstić information content (AvgIpc) is 2.40. The van der Waals surface area contributed by atoms with Crippen LogP contribution in [0.25, 0.3) is 0 Å². The van der Waals surface area contributed by atoms with Crippen LogP contribution in [0.5, 0.6) is 5.75 Å². The van der Waals surface area contributed by atoms with Gasteiger partial charge in [-0.25, -0.2) is 4.39 Å². The molecule has 1 rings (SSSR count). The lowest BCUT2D eigenvalue weighted by molar-refractivity contribution is 0.0641. The lowest BCUT2D eigenvalue weighted by Crippen LogP contribution is -2.18. The number of hydrogen-bond acceptors (Lipinski definition) is 4. The first-order valence-corrected chi connectivity index (χ1v) is 6.87. The average molecular weight is 285 g/mol. The van der Waals surface area contributed by atoms with Gasteiger partial charge in [-0.1, -0.05) is 12.1 Å². The van der Waals surface area contributed by atoms with Gasteiger partial charge in [0.1, 0.15) is 0 Å². The predicted molar refractivity (Wildman–Crippen MR) is 76.6 cm³/mol. The van der Waals surface area contributed by atoms with Crippen molar-refractivity contribution in [1.29, 1.82) is 0 Å². The minimum Gasteiger partial charge on any atom is -0.490 e. The molecule has 1 aromatic carbocycles. The van der Waals surface area contributed by atoms with Gasteiger partial charge in [0.05, 0.1) is 19.8 Å². The lowest BCUT2D eigenvalue weighted by atomic mass is 10.1. The summed E-state index contributed by atoms with van der Waals surface area (Å²) in [7, 11) is 1.63. The van der Waals surface area contributed by atoms with Crippen LogP contribution in [0.1, 0.15) is 18.9 Å². The Hall–Kier alpha value is -1.17. The molecule has 0 saturated heterocycles. The van der Waals surface area contributed by atoms with Crippen molar-refractivity contribution in [2.45, 2.75) is 25.8 Å². The van der Waals surface area contributed by atoms with Crippen molar-refractivity contribution in [1.82, 2.24) is 0 Å². The van der Waals surface area contributed by atoms with Crippen LogP contribution in [0.15, 0.2) is 18.2 Å². The Labute approximate surface area is 120 Å². The molecular formula is C15H24FNO3. The largest absolute Gasteiger partial charge is 0.490 e. The molecule has 0 amide bonds. The molecule has 0 aliphatic carbocycles. The molecule has 114 valence electrons. The van der Waals surface area contributed by atoms with Crippen LogP contribution < -0.4 is 10.5 Å². The van der Waals surface area contributed by atoms with Crippen LogP contribution in [0.3, 0.4) is 0 Å². The van der Waals surface area contributed by atoms with Gasteiger partial charge in [0.15, 0.2) is 11.6 Å². The second-order valence-electron chi connectivity index (χ2n) is 4.72. The molecule has 0 aliphatic rings. The van der Waals surface area contributed by atoms with Gasteiger partial charge >= 0.3 is 0 Å². The summed E-state index contributed by atoms with van der Waals surface area (Å²) in [6.45, 7) is 4.01. The molecule has 0 aliphatic heterocycles. The van der Waals surface area contributed by atoms with Crippen LogP contribution in [0.2, 0.25) is 0 Å². The normalized spacial score (nSPS) is 12.4.